The van der Waals surface area contributed by atoms with Gasteiger partial charge in [-0.25, -0.2) is 0 Å². The lowest BCUT2D eigenvalue weighted by Crippen LogP contribution is -2.50. The highest BCUT2D eigenvalue weighted by atomic mass is 16.5. The maximum Gasteiger partial charge on any atom is 0.248 e. The normalized spacial score (nSPS) is 17.1. The van der Waals surface area contributed by atoms with E-state index in [2.05, 4.69) is 5.32 Å². The number of hydrogen-bond acceptors (Lipinski definition) is 4. The molecule has 1 aromatic rings. The molecule has 5 N–H and O–H groups in total. The van der Waals surface area contributed by atoms with E-state index < -0.39 is 11.4 Å². The fourth-order valence-electron chi connectivity index (χ4n) is 2.08. The molecule has 1 saturated carbocycles. The Kier molecular flexibility index (Phi) is 3.67. The first-order chi connectivity index (χ1) is 9.36. The largest absolute Gasteiger partial charge is 0.495 e. The van der Waals surface area contributed by atoms with Gasteiger partial charge in [0.05, 0.1) is 18.3 Å². The third-order valence-electron chi connectivity index (χ3n) is 3.65. The predicted molar refractivity (Wildman–Crippen MR) is 75.5 cm³/mol. The molecule has 0 aliphatic heterocycles. The standard InChI is InChI=1S/C14H19N3O3/c1-14(16,9-4-5-9)13(19)17-10-7-8(12(15)18)3-6-11(10)20-2/h3,6-7,9H,4-5,16H2,1-2H3,(H2,15,18)(H,17,19). The minimum Gasteiger partial charge on any atom is -0.495 e. The number of hydrogen-bond donors (Lipinski definition) is 3. The summed E-state index contributed by atoms with van der Waals surface area (Å²) in [5.74, 6) is -0.205. The van der Waals surface area contributed by atoms with Crippen molar-refractivity contribution in [3.05, 3.63) is 23.8 Å². The second-order valence-electron chi connectivity index (χ2n) is 5.29. The number of ether oxygens (including phenoxy) is 1. The Morgan fingerprint density at radius 1 is 1.40 bits per heavy atom. The predicted octanol–water partition coefficient (Wildman–Crippen LogP) is 0.860. The van der Waals surface area contributed by atoms with Gasteiger partial charge in [-0.05, 0) is 43.9 Å². The van der Waals surface area contributed by atoms with Crippen molar-refractivity contribution in [3.63, 3.8) is 0 Å². The fraction of sp³-hybridized carbons (Fsp3) is 0.429. The molecule has 20 heavy (non-hydrogen) atoms. The van der Waals surface area contributed by atoms with Crippen LogP contribution >= 0.6 is 0 Å². The summed E-state index contributed by atoms with van der Waals surface area (Å²) >= 11 is 0. The topological polar surface area (TPSA) is 107 Å². The Labute approximate surface area is 117 Å². The summed E-state index contributed by atoms with van der Waals surface area (Å²) in [5, 5.41) is 2.72. The number of amides is 2. The van der Waals surface area contributed by atoms with Crippen LogP contribution in [-0.2, 0) is 4.79 Å². The number of nitrogens with one attached hydrogen (secondary N) is 1. The maximum atomic E-state index is 12.3. The summed E-state index contributed by atoms with van der Waals surface area (Å²) in [5.41, 5.74) is 11.1. The van der Waals surface area contributed by atoms with Crippen molar-refractivity contribution in [2.45, 2.75) is 25.3 Å². The van der Waals surface area contributed by atoms with E-state index in [0.717, 1.165) is 12.8 Å². The zero-order chi connectivity index (χ0) is 14.9. The van der Waals surface area contributed by atoms with Gasteiger partial charge < -0.3 is 21.5 Å². The maximum absolute atomic E-state index is 12.3. The molecule has 1 aliphatic carbocycles. The lowest BCUT2D eigenvalue weighted by atomic mass is 9.96. The highest BCUT2D eigenvalue weighted by molar-refractivity contribution is 6.01. The second kappa shape index (κ2) is 5.13. The van der Waals surface area contributed by atoms with Gasteiger partial charge in [0.25, 0.3) is 0 Å². The van der Waals surface area contributed by atoms with Crippen molar-refractivity contribution in [1.29, 1.82) is 0 Å². The Morgan fingerprint density at radius 3 is 2.55 bits per heavy atom. The molecule has 0 spiro atoms. The van der Waals surface area contributed by atoms with Gasteiger partial charge in [-0.15, -0.1) is 0 Å². The molecule has 0 bridgehead atoms. The number of nitrogens with two attached hydrogens (primary N) is 2. The molecule has 1 unspecified atom stereocenters. The number of carbonyl (C=O) groups is 2. The van der Waals surface area contributed by atoms with Crippen molar-refractivity contribution >= 4 is 17.5 Å². The van der Waals surface area contributed by atoms with Gasteiger partial charge in [-0.1, -0.05) is 0 Å². The molecule has 6 nitrogen and oxygen atoms in total. The molecule has 1 atom stereocenters. The quantitative estimate of drug-likeness (QED) is 0.741. The van der Waals surface area contributed by atoms with Crippen LogP contribution in [0.1, 0.15) is 30.1 Å². The van der Waals surface area contributed by atoms with Gasteiger partial charge in [0, 0.05) is 5.56 Å². The van der Waals surface area contributed by atoms with E-state index in [9.17, 15) is 9.59 Å². The average Bonchev–Trinajstić information content (AvgIpc) is 3.23. The van der Waals surface area contributed by atoms with Crippen LogP contribution in [0.25, 0.3) is 0 Å². The van der Waals surface area contributed by atoms with Gasteiger partial charge >= 0.3 is 0 Å². The lowest BCUT2D eigenvalue weighted by Gasteiger charge is -2.23. The van der Waals surface area contributed by atoms with Crippen LogP contribution in [0.2, 0.25) is 0 Å². The Hall–Kier alpha value is -2.08. The molecule has 0 saturated heterocycles. The summed E-state index contributed by atoms with van der Waals surface area (Å²) < 4.78 is 5.16. The van der Waals surface area contributed by atoms with Crippen LogP contribution in [-0.4, -0.2) is 24.5 Å². The van der Waals surface area contributed by atoms with E-state index in [1.807, 2.05) is 0 Å². The summed E-state index contributed by atoms with van der Waals surface area (Å²) in [7, 11) is 1.48. The minimum absolute atomic E-state index is 0.202. The molecule has 1 aliphatic rings. The van der Waals surface area contributed by atoms with Crippen LogP contribution in [0.3, 0.4) is 0 Å². The zero-order valence-corrected chi connectivity index (χ0v) is 11.6. The third kappa shape index (κ3) is 2.75. The first-order valence-corrected chi connectivity index (χ1v) is 6.44. The minimum atomic E-state index is -0.923. The number of benzene rings is 1. The van der Waals surface area contributed by atoms with Crippen LogP contribution in [0.15, 0.2) is 18.2 Å². The van der Waals surface area contributed by atoms with Crippen molar-refractivity contribution in [2.24, 2.45) is 17.4 Å². The Balaban J connectivity index is 2.25. The van der Waals surface area contributed by atoms with E-state index in [-0.39, 0.29) is 11.8 Å². The molecule has 2 rings (SSSR count). The molecule has 1 aromatic carbocycles. The number of carbonyl (C=O) groups excluding carboxylic acids is 2. The molecular weight excluding hydrogens is 258 g/mol. The lowest BCUT2D eigenvalue weighted by molar-refractivity contribution is -0.121. The Bertz CT molecular complexity index is 551. The van der Waals surface area contributed by atoms with E-state index in [0.29, 0.717) is 17.0 Å². The van der Waals surface area contributed by atoms with E-state index in [4.69, 9.17) is 16.2 Å². The highest BCUT2D eigenvalue weighted by Crippen LogP contribution is 2.39. The molecule has 0 radical (unpaired) electrons. The second-order valence-corrected chi connectivity index (χ2v) is 5.29. The van der Waals surface area contributed by atoms with Crippen LogP contribution in [0.4, 0.5) is 5.69 Å². The van der Waals surface area contributed by atoms with Gasteiger partial charge in [-0.3, -0.25) is 9.59 Å². The summed E-state index contributed by atoms with van der Waals surface area (Å²) in [4.78, 5) is 23.5. The number of anilines is 1. The Morgan fingerprint density at radius 2 is 2.05 bits per heavy atom. The first kappa shape index (κ1) is 14.3. The van der Waals surface area contributed by atoms with Gasteiger partial charge in [0.1, 0.15) is 5.75 Å². The summed E-state index contributed by atoms with van der Waals surface area (Å²) in [6.45, 7) is 1.71. The first-order valence-electron chi connectivity index (χ1n) is 6.44. The number of methoxy groups -OCH3 is 1. The van der Waals surface area contributed by atoms with Crippen molar-refractivity contribution in [3.8, 4) is 5.75 Å². The molecule has 108 valence electrons. The van der Waals surface area contributed by atoms with E-state index in [1.54, 1.807) is 19.1 Å². The monoisotopic (exact) mass is 277 g/mol. The molecule has 0 aromatic heterocycles. The molecule has 1 fully saturated rings. The van der Waals surface area contributed by atoms with Crippen LogP contribution < -0.4 is 21.5 Å². The van der Waals surface area contributed by atoms with Gasteiger partial charge in [-0.2, -0.15) is 0 Å². The highest BCUT2D eigenvalue weighted by Gasteiger charge is 2.44. The van der Waals surface area contributed by atoms with Crippen molar-refractivity contribution in [2.75, 3.05) is 12.4 Å². The van der Waals surface area contributed by atoms with E-state index in [1.165, 1.54) is 13.2 Å². The average molecular weight is 277 g/mol. The zero-order valence-electron chi connectivity index (χ0n) is 11.6. The van der Waals surface area contributed by atoms with Crippen molar-refractivity contribution in [1.82, 2.24) is 0 Å². The van der Waals surface area contributed by atoms with E-state index >= 15 is 0 Å². The van der Waals surface area contributed by atoms with Gasteiger partial charge in [0.2, 0.25) is 11.8 Å². The fourth-order valence-corrected chi connectivity index (χ4v) is 2.08. The van der Waals surface area contributed by atoms with Crippen molar-refractivity contribution < 1.29 is 14.3 Å². The summed E-state index contributed by atoms with van der Waals surface area (Å²) in [6.07, 6.45) is 1.91. The molecule has 0 heterocycles. The van der Waals surface area contributed by atoms with Crippen LogP contribution in [0.5, 0.6) is 5.75 Å². The number of rotatable bonds is 5. The molecule has 6 heteroatoms. The molecule has 2 amide bonds. The summed E-state index contributed by atoms with van der Waals surface area (Å²) in [6, 6.07) is 4.61. The number of primary amides is 1. The smallest absolute Gasteiger partial charge is 0.248 e. The van der Waals surface area contributed by atoms with Crippen LogP contribution in [0, 0.1) is 5.92 Å². The third-order valence-corrected chi connectivity index (χ3v) is 3.65. The molecular formula is C14H19N3O3. The SMILES string of the molecule is COc1ccc(C(N)=O)cc1NC(=O)C(C)(N)C1CC1. The van der Waals surface area contributed by atoms with Gasteiger partial charge in [0.15, 0.2) is 0 Å².